The van der Waals surface area contributed by atoms with E-state index in [9.17, 15) is 9.90 Å². The molecule has 5 heteroatoms. The maximum absolute atomic E-state index is 12.2. The van der Waals surface area contributed by atoms with Crippen molar-refractivity contribution < 1.29 is 9.90 Å². The van der Waals surface area contributed by atoms with E-state index in [2.05, 4.69) is 10.3 Å². The van der Waals surface area contributed by atoms with Crippen LogP contribution in [0.4, 0.5) is 0 Å². The molecule has 2 N–H and O–H groups in total. The van der Waals surface area contributed by atoms with Crippen molar-refractivity contribution >= 4 is 11.4 Å². The summed E-state index contributed by atoms with van der Waals surface area (Å²) in [6, 6.07) is 3.57. The van der Waals surface area contributed by atoms with Crippen molar-refractivity contribution in [2.75, 3.05) is 6.54 Å². The van der Waals surface area contributed by atoms with E-state index in [-0.39, 0.29) is 5.91 Å². The number of carbonyl (C=O) groups is 1. The van der Waals surface area contributed by atoms with Crippen molar-refractivity contribution in [3.05, 3.63) is 36.4 Å². The highest BCUT2D eigenvalue weighted by Crippen LogP contribution is 2.26. The third-order valence-corrected chi connectivity index (χ3v) is 4.29. The highest BCUT2D eigenvalue weighted by molar-refractivity contribution is 5.95. The topological polar surface area (TPSA) is 66.6 Å². The number of pyridine rings is 1. The molecule has 1 fully saturated rings. The molecule has 0 spiro atoms. The van der Waals surface area contributed by atoms with E-state index in [4.69, 9.17) is 0 Å². The first-order valence-corrected chi connectivity index (χ1v) is 7.59. The Morgan fingerprint density at radius 2 is 2.10 bits per heavy atom. The number of nitrogens with zero attached hydrogens (tertiary/aromatic N) is 2. The Morgan fingerprint density at radius 1 is 1.33 bits per heavy atom. The second kappa shape index (κ2) is 5.85. The molecule has 2 aromatic heterocycles. The van der Waals surface area contributed by atoms with Gasteiger partial charge in [-0.2, -0.15) is 0 Å². The van der Waals surface area contributed by atoms with Crippen LogP contribution in [0.25, 0.3) is 5.52 Å². The smallest absolute Gasteiger partial charge is 0.251 e. The van der Waals surface area contributed by atoms with E-state index in [1.807, 2.05) is 10.6 Å². The monoisotopic (exact) mass is 287 g/mol. The summed E-state index contributed by atoms with van der Waals surface area (Å²) in [5.74, 6) is -0.142. The number of aliphatic hydroxyl groups is 1. The predicted octanol–water partition coefficient (Wildman–Crippen LogP) is 2.15. The fourth-order valence-corrected chi connectivity index (χ4v) is 2.97. The standard InChI is InChI=1S/C16H21N3O2/c20-15(13-5-8-19-12-17-10-14(19)9-13)18-11-16(21)6-3-1-2-4-7-16/h5,8-10,12,21H,1-4,6-7,11H2,(H,18,20). The Morgan fingerprint density at radius 3 is 2.86 bits per heavy atom. The first-order valence-electron chi connectivity index (χ1n) is 7.59. The average molecular weight is 287 g/mol. The van der Waals surface area contributed by atoms with E-state index in [1.165, 1.54) is 12.8 Å². The van der Waals surface area contributed by atoms with Crippen molar-refractivity contribution in [3.63, 3.8) is 0 Å². The fraction of sp³-hybridized carbons (Fsp3) is 0.500. The summed E-state index contributed by atoms with van der Waals surface area (Å²) in [4.78, 5) is 16.3. The maximum Gasteiger partial charge on any atom is 0.251 e. The molecule has 1 saturated carbocycles. The molecule has 2 heterocycles. The second-order valence-corrected chi connectivity index (χ2v) is 5.96. The third kappa shape index (κ3) is 3.24. The van der Waals surface area contributed by atoms with Gasteiger partial charge in [-0.1, -0.05) is 25.7 Å². The maximum atomic E-state index is 12.2. The number of hydrogen-bond acceptors (Lipinski definition) is 3. The van der Waals surface area contributed by atoms with Gasteiger partial charge in [0.1, 0.15) is 0 Å². The van der Waals surface area contributed by atoms with E-state index < -0.39 is 5.60 Å². The van der Waals surface area contributed by atoms with Gasteiger partial charge in [-0.15, -0.1) is 0 Å². The number of nitrogens with one attached hydrogen (secondary N) is 1. The van der Waals surface area contributed by atoms with Crippen LogP contribution in [0.2, 0.25) is 0 Å². The molecule has 21 heavy (non-hydrogen) atoms. The zero-order valence-electron chi connectivity index (χ0n) is 12.1. The number of rotatable bonds is 3. The molecule has 2 aromatic rings. The van der Waals surface area contributed by atoms with Crippen LogP contribution in [0.1, 0.15) is 48.9 Å². The Balaban J connectivity index is 1.65. The van der Waals surface area contributed by atoms with Gasteiger partial charge in [0.25, 0.3) is 5.91 Å². The summed E-state index contributed by atoms with van der Waals surface area (Å²) in [7, 11) is 0. The van der Waals surface area contributed by atoms with Crippen LogP contribution in [0.15, 0.2) is 30.9 Å². The summed E-state index contributed by atoms with van der Waals surface area (Å²) in [6.45, 7) is 0.330. The third-order valence-electron chi connectivity index (χ3n) is 4.29. The quantitative estimate of drug-likeness (QED) is 0.850. The van der Waals surface area contributed by atoms with Gasteiger partial charge in [0.05, 0.1) is 23.6 Å². The van der Waals surface area contributed by atoms with E-state index in [1.54, 1.807) is 24.7 Å². The van der Waals surface area contributed by atoms with Crippen LogP contribution < -0.4 is 5.32 Å². The van der Waals surface area contributed by atoms with Gasteiger partial charge in [-0.05, 0) is 25.0 Å². The zero-order valence-corrected chi connectivity index (χ0v) is 12.1. The van der Waals surface area contributed by atoms with Gasteiger partial charge >= 0.3 is 0 Å². The minimum atomic E-state index is -0.743. The lowest BCUT2D eigenvalue weighted by Gasteiger charge is -2.26. The van der Waals surface area contributed by atoms with Crippen molar-refractivity contribution in [1.29, 1.82) is 0 Å². The summed E-state index contributed by atoms with van der Waals surface area (Å²) in [5.41, 5.74) is 0.739. The predicted molar refractivity (Wildman–Crippen MR) is 80.2 cm³/mol. The first kappa shape index (κ1) is 14.1. The average Bonchev–Trinajstić information content (AvgIpc) is 2.85. The molecule has 0 aromatic carbocycles. The minimum absolute atomic E-state index is 0.142. The Labute approximate surface area is 124 Å². The first-order chi connectivity index (χ1) is 10.2. The lowest BCUT2D eigenvalue weighted by molar-refractivity contribution is 0.0246. The van der Waals surface area contributed by atoms with Gasteiger partial charge in [0, 0.05) is 18.3 Å². The van der Waals surface area contributed by atoms with Crippen molar-refractivity contribution in [2.45, 2.75) is 44.1 Å². The Hall–Kier alpha value is -1.88. The van der Waals surface area contributed by atoms with E-state index >= 15 is 0 Å². The molecular formula is C16H21N3O2. The molecule has 0 unspecified atom stereocenters. The van der Waals surface area contributed by atoms with Gasteiger partial charge in [-0.25, -0.2) is 4.98 Å². The van der Waals surface area contributed by atoms with Crippen molar-refractivity contribution in [3.8, 4) is 0 Å². The summed E-state index contributed by atoms with van der Waals surface area (Å²) < 4.78 is 1.86. The van der Waals surface area contributed by atoms with Crippen LogP contribution in [-0.4, -0.2) is 32.5 Å². The van der Waals surface area contributed by atoms with Crippen LogP contribution in [-0.2, 0) is 0 Å². The fourth-order valence-electron chi connectivity index (χ4n) is 2.97. The number of fused-ring (bicyclic) bond motifs is 1. The minimum Gasteiger partial charge on any atom is -0.388 e. The van der Waals surface area contributed by atoms with Crippen LogP contribution in [0.3, 0.4) is 0 Å². The van der Waals surface area contributed by atoms with Gasteiger partial charge in [-0.3, -0.25) is 4.79 Å². The van der Waals surface area contributed by atoms with Crippen molar-refractivity contribution in [1.82, 2.24) is 14.7 Å². The molecule has 3 rings (SSSR count). The SMILES string of the molecule is O=C(NCC1(O)CCCCCC1)c1ccn2cncc2c1. The normalized spacial score (nSPS) is 18.3. The number of carbonyl (C=O) groups excluding carboxylic acids is 1. The van der Waals surface area contributed by atoms with Crippen LogP contribution >= 0.6 is 0 Å². The van der Waals surface area contributed by atoms with Gasteiger partial charge in [0.2, 0.25) is 0 Å². The highest BCUT2D eigenvalue weighted by atomic mass is 16.3. The van der Waals surface area contributed by atoms with Gasteiger partial charge in [0.15, 0.2) is 0 Å². The number of imidazole rings is 1. The second-order valence-electron chi connectivity index (χ2n) is 5.96. The molecule has 0 saturated heterocycles. The van der Waals surface area contributed by atoms with Crippen LogP contribution in [0, 0.1) is 0 Å². The molecule has 1 amide bonds. The van der Waals surface area contributed by atoms with E-state index in [0.29, 0.717) is 12.1 Å². The zero-order chi connectivity index (χ0) is 14.7. The van der Waals surface area contributed by atoms with Gasteiger partial charge < -0.3 is 14.8 Å². The Kier molecular flexibility index (Phi) is 3.92. The lowest BCUT2D eigenvalue weighted by Crippen LogP contribution is -2.42. The number of amides is 1. The van der Waals surface area contributed by atoms with Crippen molar-refractivity contribution in [2.24, 2.45) is 0 Å². The molecule has 0 atom stereocenters. The largest absolute Gasteiger partial charge is 0.388 e. The van der Waals surface area contributed by atoms with E-state index in [0.717, 1.165) is 31.2 Å². The summed E-state index contributed by atoms with van der Waals surface area (Å²) in [6.07, 6.45) is 11.2. The molecule has 112 valence electrons. The molecule has 0 aliphatic heterocycles. The summed E-state index contributed by atoms with van der Waals surface area (Å²) in [5, 5.41) is 13.4. The lowest BCUT2D eigenvalue weighted by atomic mass is 9.94. The molecule has 0 bridgehead atoms. The Bertz CT molecular complexity index is 627. The molecule has 0 radical (unpaired) electrons. The van der Waals surface area contributed by atoms with Crippen LogP contribution in [0.5, 0.6) is 0 Å². The number of hydrogen-bond donors (Lipinski definition) is 2. The summed E-state index contributed by atoms with van der Waals surface area (Å²) >= 11 is 0. The molecule has 5 nitrogen and oxygen atoms in total. The highest BCUT2D eigenvalue weighted by Gasteiger charge is 2.28. The number of aromatic nitrogens is 2. The molecular weight excluding hydrogens is 266 g/mol. The molecule has 1 aliphatic rings. The molecule has 1 aliphatic carbocycles.